The molecule has 8 heteroatoms. The summed E-state index contributed by atoms with van der Waals surface area (Å²) in [4.78, 5) is 16.2. The van der Waals surface area contributed by atoms with Crippen molar-refractivity contribution in [2.75, 3.05) is 20.3 Å². The second kappa shape index (κ2) is 8.03. The SMILES string of the molecule is COCCC1(CNC(=O)c2cccnc2O[C@@H](C)C(F)(F)F)CCC1. The summed E-state index contributed by atoms with van der Waals surface area (Å²) in [5.74, 6) is -0.800. The zero-order valence-electron chi connectivity index (χ0n) is 14.4. The summed E-state index contributed by atoms with van der Waals surface area (Å²) in [7, 11) is 1.63. The Bertz CT molecular complexity index is 589. The Balaban J connectivity index is 2.02. The van der Waals surface area contributed by atoms with Crippen molar-refractivity contribution < 1.29 is 27.4 Å². The molecule has 0 unspecified atom stereocenters. The smallest absolute Gasteiger partial charge is 0.425 e. The average Bonchev–Trinajstić information content (AvgIpc) is 2.53. The van der Waals surface area contributed by atoms with Crippen molar-refractivity contribution in [3.63, 3.8) is 0 Å². The average molecular weight is 360 g/mol. The van der Waals surface area contributed by atoms with Gasteiger partial charge in [-0.25, -0.2) is 4.98 Å². The minimum Gasteiger partial charge on any atom is -0.464 e. The van der Waals surface area contributed by atoms with Crippen LogP contribution in [0.3, 0.4) is 0 Å². The lowest BCUT2D eigenvalue weighted by Gasteiger charge is -2.42. The molecule has 5 nitrogen and oxygen atoms in total. The minimum absolute atomic E-state index is 0.000171. The molecule has 1 aliphatic carbocycles. The molecule has 2 rings (SSSR count). The van der Waals surface area contributed by atoms with Gasteiger partial charge >= 0.3 is 6.18 Å². The molecule has 1 aromatic rings. The van der Waals surface area contributed by atoms with Crippen LogP contribution in [0.5, 0.6) is 5.88 Å². The minimum atomic E-state index is -4.53. The summed E-state index contributed by atoms with van der Waals surface area (Å²) in [6.45, 7) is 1.95. The van der Waals surface area contributed by atoms with E-state index in [4.69, 9.17) is 9.47 Å². The van der Waals surface area contributed by atoms with Crippen molar-refractivity contribution in [1.29, 1.82) is 0 Å². The van der Waals surface area contributed by atoms with Crippen molar-refractivity contribution in [2.45, 2.75) is 44.9 Å². The van der Waals surface area contributed by atoms with Crippen LogP contribution in [0.15, 0.2) is 18.3 Å². The number of ether oxygens (including phenoxy) is 2. The van der Waals surface area contributed by atoms with Crippen LogP contribution < -0.4 is 10.1 Å². The summed E-state index contributed by atoms with van der Waals surface area (Å²) in [5.41, 5.74) is 0.00792. The number of methoxy groups -OCH3 is 1. The highest BCUT2D eigenvalue weighted by Gasteiger charge is 2.39. The van der Waals surface area contributed by atoms with E-state index >= 15 is 0 Å². The highest BCUT2D eigenvalue weighted by Crippen LogP contribution is 2.43. The van der Waals surface area contributed by atoms with Gasteiger partial charge in [0.2, 0.25) is 5.88 Å². The molecule has 1 heterocycles. The number of nitrogens with zero attached hydrogens (tertiary/aromatic N) is 1. The van der Waals surface area contributed by atoms with Crippen LogP contribution in [0.25, 0.3) is 0 Å². The third-order valence-corrected chi connectivity index (χ3v) is 4.64. The van der Waals surface area contributed by atoms with Crippen LogP contribution in [0.1, 0.15) is 43.0 Å². The number of alkyl halides is 3. The Morgan fingerprint density at radius 3 is 2.72 bits per heavy atom. The first-order valence-corrected chi connectivity index (χ1v) is 8.23. The number of hydrogen-bond acceptors (Lipinski definition) is 4. The van der Waals surface area contributed by atoms with Gasteiger partial charge in [-0.05, 0) is 43.7 Å². The van der Waals surface area contributed by atoms with Crippen LogP contribution in [0.4, 0.5) is 13.2 Å². The Labute approximate surface area is 144 Å². The molecule has 0 aromatic carbocycles. The van der Waals surface area contributed by atoms with E-state index in [0.717, 1.165) is 32.6 Å². The molecule has 1 aliphatic rings. The maximum Gasteiger partial charge on any atom is 0.425 e. The summed E-state index contributed by atoms with van der Waals surface area (Å²) in [5, 5.41) is 2.81. The molecule has 1 amide bonds. The summed E-state index contributed by atoms with van der Waals surface area (Å²) in [6.07, 6.45) is -1.35. The van der Waals surface area contributed by atoms with E-state index in [-0.39, 0.29) is 16.9 Å². The Hall–Kier alpha value is -1.83. The highest BCUT2D eigenvalue weighted by molar-refractivity contribution is 5.96. The number of rotatable bonds is 8. The maximum absolute atomic E-state index is 12.7. The van der Waals surface area contributed by atoms with Gasteiger partial charge in [0.1, 0.15) is 5.56 Å². The van der Waals surface area contributed by atoms with Crippen molar-refractivity contribution in [2.24, 2.45) is 5.41 Å². The first kappa shape index (κ1) is 19.5. The van der Waals surface area contributed by atoms with Crippen LogP contribution in [0.2, 0.25) is 0 Å². The maximum atomic E-state index is 12.7. The number of carbonyl (C=O) groups excluding carboxylic acids is 1. The standard InChI is InChI=1S/C17H23F3N2O3/c1-12(17(18,19)20)25-15-13(5-3-9-21-15)14(23)22-11-16(6-4-7-16)8-10-24-2/h3,5,9,12H,4,6-8,10-11H2,1-2H3,(H,22,23)/t12-/m0/s1. The lowest BCUT2D eigenvalue weighted by Crippen LogP contribution is -2.43. The van der Waals surface area contributed by atoms with Crippen LogP contribution in [-0.2, 0) is 4.74 Å². The van der Waals surface area contributed by atoms with E-state index < -0.39 is 18.2 Å². The van der Waals surface area contributed by atoms with Gasteiger partial charge < -0.3 is 14.8 Å². The number of aromatic nitrogens is 1. The molecule has 1 saturated carbocycles. The lowest BCUT2D eigenvalue weighted by atomic mass is 9.66. The molecule has 0 aliphatic heterocycles. The number of hydrogen-bond donors (Lipinski definition) is 1. The van der Waals surface area contributed by atoms with Crippen molar-refractivity contribution in [3.05, 3.63) is 23.9 Å². The Kier molecular flexibility index (Phi) is 6.26. The first-order chi connectivity index (χ1) is 11.8. The van der Waals surface area contributed by atoms with Gasteiger partial charge in [-0.15, -0.1) is 0 Å². The zero-order valence-corrected chi connectivity index (χ0v) is 14.4. The van der Waals surface area contributed by atoms with Crippen LogP contribution >= 0.6 is 0 Å². The summed E-state index contributed by atoms with van der Waals surface area (Å²) < 4.78 is 48.0. The van der Waals surface area contributed by atoms with E-state index in [1.54, 1.807) is 7.11 Å². The van der Waals surface area contributed by atoms with Gasteiger partial charge in [0.15, 0.2) is 6.10 Å². The monoisotopic (exact) mass is 360 g/mol. The second-order valence-electron chi connectivity index (χ2n) is 6.44. The predicted octanol–water partition coefficient (Wildman–Crippen LogP) is 3.35. The molecule has 1 fully saturated rings. The van der Waals surface area contributed by atoms with Crippen molar-refractivity contribution in [3.8, 4) is 5.88 Å². The largest absolute Gasteiger partial charge is 0.464 e. The Morgan fingerprint density at radius 2 is 2.16 bits per heavy atom. The molecular weight excluding hydrogens is 337 g/mol. The molecule has 0 radical (unpaired) electrons. The molecule has 0 bridgehead atoms. The van der Waals surface area contributed by atoms with Gasteiger partial charge in [-0.2, -0.15) is 13.2 Å². The van der Waals surface area contributed by atoms with Crippen LogP contribution in [-0.4, -0.2) is 43.4 Å². The molecule has 0 saturated heterocycles. The zero-order chi connectivity index (χ0) is 18.5. The highest BCUT2D eigenvalue weighted by atomic mass is 19.4. The van der Waals surface area contributed by atoms with Gasteiger partial charge in [0, 0.05) is 26.5 Å². The lowest BCUT2D eigenvalue weighted by molar-refractivity contribution is -0.190. The topological polar surface area (TPSA) is 60.5 Å². The third kappa shape index (κ3) is 5.07. The molecule has 140 valence electrons. The van der Waals surface area contributed by atoms with Crippen molar-refractivity contribution >= 4 is 5.91 Å². The molecule has 25 heavy (non-hydrogen) atoms. The fraction of sp³-hybridized carbons (Fsp3) is 0.647. The number of carbonyl (C=O) groups is 1. The fourth-order valence-electron chi connectivity index (χ4n) is 2.77. The van der Waals surface area contributed by atoms with Crippen molar-refractivity contribution in [1.82, 2.24) is 10.3 Å². The van der Waals surface area contributed by atoms with E-state index in [1.165, 1.54) is 18.3 Å². The van der Waals surface area contributed by atoms with Gasteiger partial charge in [-0.1, -0.05) is 6.42 Å². The van der Waals surface area contributed by atoms with Gasteiger partial charge in [0.05, 0.1) is 0 Å². The second-order valence-corrected chi connectivity index (χ2v) is 6.44. The number of halogens is 3. The quantitative estimate of drug-likeness (QED) is 0.772. The molecule has 1 aromatic heterocycles. The molecule has 0 spiro atoms. The van der Waals surface area contributed by atoms with E-state index in [2.05, 4.69) is 10.3 Å². The first-order valence-electron chi connectivity index (χ1n) is 8.23. The number of nitrogens with one attached hydrogen (secondary N) is 1. The summed E-state index contributed by atoms with van der Waals surface area (Å²) >= 11 is 0. The Morgan fingerprint density at radius 1 is 1.44 bits per heavy atom. The third-order valence-electron chi connectivity index (χ3n) is 4.64. The van der Waals surface area contributed by atoms with E-state index in [9.17, 15) is 18.0 Å². The molecule has 1 N–H and O–H groups in total. The molecule has 1 atom stereocenters. The van der Waals surface area contributed by atoms with Gasteiger partial charge in [0.25, 0.3) is 5.91 Å². The van der Waals surface area contributed by atoms with Gasteiger partial charge in [-0.3, -0.25) is 4.79 Å². The molecular formula is C17H23F3N2O3. The number of pyridine rings is 1. The summed E-state index contributed by atoms with van der Waals surface area (Å²) in [6, 6.07) is 2.90. The van der Waals surface area contributed by atoms with Crippen LogP contribution in [0, 0.1) is 5.41 Å². The van der Waals surface area contributed by atoms with E-state index in [1.807, 2.05) is 0 Å². The number of amides is 1. The fourth-order valence-corrected chi connectivity index (χ4v) is 2.77. The van der Waals surface area contributed by atoms with E-state index in [0.29, 0.717) is 13.2 Å². The predicted molar refractivity (Wildman–Crippen MR) is 85.5 cm³/mol. The normalized spacial score (nSPS) is 17.5.